The van der Waals surface area contributed by atoms with Gasteiger partial charge in [0, 0.05) is 13.0 Å². The maximum Gasteiger partial charge on any atom is 0.273 e. The number of amides is 1. The van der Waals surface area contributed by atoms with Crippen molar-refractivity contribution in [3.05, 3.63) is 80.6 Å². The van der Waals surface area contributed by atoms with Gasteiger partial charge in [0.05, 0.1) is 17.3 Å². The fraction of sp³-hybridized carbons (Fsp3) is 0.167. The van der Waals surface area contributed by atoms with Gasteiger partial charge >= 0.3 is 0 Å². The van der Waals surface area contributed by atoms with Crippen LogP contribution >= 0.6 is 0 Å². The number of aryl methyl sites for hydroxylation is 1. The molecule has 1 heterocycles. The van der Waals surface area contributed by atoms with Crippen molar-refractivity contribution in [1.29, 1.82) is 0 Å². The topological polar surface area (TPSA) is 84.0 Å². The Bertz CT molecular complexity index is 1040. The maximum absolute atomic E-state index is 13.1. The number of hydrogen-bond acceptors (Lipinski definition) is 3. The first-order chi connectivity index (χ1) is 12.0. The molecule has 0 aliphatic heterocycles. The van der Waals surface area contributed by atoms with Crippen LogP contribution in [-0.4, -0.2) is 15.7 Å². The number of fused-ring (bicyclic) bond motifs is 1. The number of benzene rings is 2. The van der Waals surface area contributed by atoms with Crippen LogP contribution in [0.5, 0.6) is 0 Å². The Morgan fingerprint density at radius 3 is 2.60 bits per heavy atom. The maximum atomic E-state index is 13.1. The molecule has 0 aliphatic carbocycles. The van der Waals surface area contributed by atoms with Crippen molar-refractivity contribution in [2.24, 2.45) is 0 Å². The van der Waals surface area contributed by atoms with Crippen molar-refractivity contribution in [2.45, 2.75) is 19.5 Å². The summed E-state index contributed by atoms with van der Waals surface area (Å²) in [7, 11) is 0. The summed E-state index contributed by atoms with van der Waals surface area (Å²) in [6.07, 6.45) is 0.0174. The van der Waals surface area contributed by atoms with Crippen molar-refractivity contribution in [3.8, 4) is 0 Å². The van der Waals surface area contributed by atoms with E-state index in [1.54, 1.807) is 36.4 Å². The number of hydrogen-bond donors (Lipinski definition) is 2. The number of carbonyl (C=O) groups excluding carboxylic acids is 1. The number of aromatic amines is 1. The Hall–Kier alpha value is -3.22. The summed E-state index contributed by atoms with van der Waals surface area (Å²) in [6, 6.07) is 12.4. The summed E-state index contributed by atoms with van der Waals surface area (Å²) < 4.78 is 14.2. The van der Waals surface area contributed by atoms with Crippen LogP contribution in [0, 0.1) is 5.82 Å². The van der Waals surface area contributed by atoms with E-state index in [1.807, 2.05) is 0 Å². The lowest BCUT2D eigenvalue weighted by molar-refractivity contribution is -0.121. The number of nitrogens with zero attached hydrogens (tertiary/aromatic N) is 1. The fourth-order valence-electron chi connectivity index (χ4n) is 2.55. The minimum Gasteiger partial charge on any atom is -0.352 e. The highest BCUT2D eigenvalue weighted by Crippen LogP contribution is 2.04. The average Bonchev–Trinajstić information content (AvgIpc) is 2.62. The molecule has 0 bridgehead atoms. The summed E-state index contributed by atoms with van der Waals surface area (Å²) in [6.45, 7) is 0.244. The monoisotopic (exact) mass is 341 g/mol. The predicted octanol–water partition coefficient (Wildman–Crippen LogP) is 1.54. The van der Waals surface area contributed by atoms with Crippen LogP contribution in [-0.2, 0) is 17.9 Å². The Morgan fingerprint density at radius 1 is 1.08 bits per heavy atom. The van der Waals surface area contributed by atoms with E-state index in [9.17, 15) is 18.8 Å². The molecule has 1 amide bonds. The van der Waals surface area contributed by atoms with Crippen LogP contribution in [0.4, 0.5) is 4.39 Å². The quantitative estimate of drug-likeness (QED) is 0.738. The minimum absolute atomic E-state index is 0.0174. The number of aromatic nitrogens is 2. The predicted molar refractivity (Wildman–Crippen MR) is 91.7 cm³/mol. The molecule has 0 atom stereocenters. The highest BCUT2D eigenvalue weighted by molar-refractivity contribution is 5.80. The number of rotatable bonds is 5. The first-order valence-electron chi connectivity index (χ1n) is 7.77. The number of nitrogens with one attached hydrogen (secondary N) is 2. The molecule has 0 saturated heterocycles. The van der Waals surface area contributed by atoms with Gasteiger partial charge in [-0.1, -0.05) is 24.3 Å². The molecule has 0 unspecified atom stereocenters. The zero-order valence-electron chi connectivity index (χ0n) is 13.3. The van der Waals surface area contributed by atoms with E-state index in [0.29, 0.717) is 16.3 Å². The molecular weight excluding hydrogens is 325 g/mol. The molecule has 0 saturated carbocycles. The van der Waals surface area contributed by atoms with E-state index in [-0.39, 0.29) is 42.4 Å². The molecule has 128 valence electrons. The third-order valence-corrected chi connectivity index (χ3v) is 3.82. The molecular formula is C18H16FN3O3. The van der Waals surface area contributed by atoms with Crippen molar-refractivity contribution >= 4 is 16.7 Å². The van der Waals surface area contributed by atoms with E-state index in [1.165, 1.54) is 12.1 Å². The lowest BCUT2D eigenvalue weighted by Crippen LogP contribution is -2.32. The van der Waals surface area contributed by atoms with Gasteiger partial charge in [-0.3, -0.25) is 19.5 Å². The van der Waals surface area contributed by atoms with E-state index < -0.39 is 0 Å². The highest BCUT2D eigenvalue weighted by Gasteiger charge is 2.08. The van der Waals surface area contributed by atoms with Crippen molar-refractivity contribution < 1.29 is 9.18 Å². The molecule has 7 heteroatoms. The third kappa shape index (κ3) is 3.82. The van der Waals surface area contributed by atoms with E-state index in [0.717, 1.165) is 4.68 Å². The standard InChI is InChI=1S/C18H16FN3O3/c19-13-5-3-4-12(10-13)11-20-16(23)8-9-22-18(25)15-7-2-1-6-14(15)17(24)21-22/h1-7,10H,8-9,11H2,(H,20,23)(H,21,24). The van der Waals surface area contributed by atoms with Crippen molar-refractivity contribution in [3.63, 3.8) is 0 Å². The molecule has 6 nitrogen and oxygen atoms in total. The number of carbonyl (C=O) groups is 1. The van der Waals surface area contributed by atoms with Gasteiger partial charge in [-0.05, 0) is 29.8 Å². The van der Waals surface area contributed by atoms with Gasteiger partial charge in [-0.2, -0.15) is 0 Å². The van der Waals surface area contributed by atoms with Crippen molar-refractivity contribution in [2.75, 3.05) is 0 Å². The van der Waals surface area contributed by atoms with Crippen LogP contribution in [0.3, 0.4) is 0 Å². The SMILES string of the molecule is O=C(CCn1[nH]c(=O)c2ccccc2c1=O)NCc1cccc(F)c1. The Kier molecular flexibility index (Phi) is 4.74. The van der Waals surface area contributed by atoms with Crippen LogP contribution in [0.25, 0.3) is 10.8 Å². The van der Waals surface area contributed by atoms with Crippen molar-refractivity contribution in [1.82, 2.24) is 15.1 Å². The molecule has 0 spiro atoms. The Labute approximate surface area is 141 Å². The van der Waals surface area contributed by atoms with E-state index in [4.69, 9.17) is 0 Å². The summed E-state index contributed by atoms with van der Waals surface area (Å²) in [5.74, 6) is -0.669. The largest absolute Gasteiger partial charge is 0.352 e. The van der Waals surface area contributed by atoms with Crippen LogP contribution in [0.1, 0.15) is 12.0 Å². The van der Waals surface area contributed by atoms with Crippen LogP contribution in [0.15, 0.2) is 58.1 Å². The number of halogens is 1. The highest BCUT2D eigenvalue weighted by atomic mass is 19.1. The first kappa shape index (κ1) is 16.6. The Balaban J connectivity index is 1.66. The molecule has 1 aromatic heterocycles. The third-order valence-electron chi connectivity index (χ3n) is 3.82. The van der Waals surface area contributed by atoms with Gasteiger partial charge in [-0.25, -0.2) is 9.07 Å². The fourth-order valence-corrected chi connectivity index (χ4v) is 2.55. The summed E-state index contributed by atoms with van der Waals surface area (Å²) in [5, 5.41) is 5.76. The minimum atomic E-state index is -0.379. The smallest absolute Gasteiger partial charge is 0.273 e. The van der Waals surface area contributed by atoms with Crippen LogP contribution in [0.2, 0.25) is 0 Å². The van der Waals surface area contributed by atoms with Gasteiger partial charge in [0.1, 0.15) is 5.82 Å². The summed E-state index contributed by atoms with van der Waals surface area (Å²) in [4.78, 5) is 36.2. The Morgan fingerprint density at radius 2 is 1.84 bits per heavy atom. The molecule has 2 N–H and O–H groups in total. The molecule has 3 rings (SSSR count). The molecule has 0 aliphatic rings. The lowest BCUT2D eigenvalue weighted by Gasteiger charge is -2.08. The molecule has 3 aromatic rings. The summed E-state index contributed by atoms with van der Waals surface area (Å²) in [5.41, 5.74) is -0.0897. The second-order valence-electron chi connectivity index (χ2n) is 5.60. The molecule has 0 radical (unpaired) electrons. The van der Waals surface area contributed by atoms with Gasteiger partial charge in [-0.15, -0.1) is 0 Å². The molecule has 0 fully saturated rings. The second kappa shape index (κ2) is 7.12. The first-order valence-corrected chi connectivity index (χ1v) is 7.77. The molecule has 2 aromatic carbocycles. The van der Waals surface area contributed by atoms with E-state index >= 15 is 0 Å². The zero-order valence-corrected chi connectivity index (χ0v) is 13.3. The van der Waals surface area contributed by atoms with Gasteiger partial charge in [0.15, 0.2) is 0 Å². The number of H-pyrrole nitrogens is 1. The summed E-state index contributed by atoms with van der Waals surface area (Å²) >= 11 is 0. The normalized spacial score (nSPS) is 10.8. The molecule has 25 heavy (non-hydrogen) atoms. The van der Waals surface area contributed by atoms with Gasteiger partial charge in [0.2, 0.25) is 5.91 Å². The zero-order chi connectivity index (χ0) is 17.8. The second-order valence-corrected chi connectivity index (χ2v) is 5.60. The van der Waals surface area contributed by atoms with Gasteiger partial charge in [0.25, 0.3) is 11.1 Å². The van der Waals surface area contributed by atoms with Gasteiger partial charge < -0.3 is 5.32 Å². The average molecular weight is 341 g/mol. The van der Waals surface area contributed by atoms with E-state index in [2.05, 4.69) is 10.4 Å². The lowest BCUT2D eigenvalue weighted by atomic mass is 10.2. The van der Waals surface area contributed by atoms with Crippen LogP contribution < -0.4 is 16.4 Å².